The standard InChI is InChI=1S/C8H10NOP/c1-5-3-7(11-10)4-6(2)8(5)9/h3-4H,9H2,1-2H3. The van der Waals surface area contributed by atoms with Crippen molar-refractivity contribution < 1.29 is 4.57 Å². The van der Waals surface area contributed by atoms with Gasteiger partial charge in [0.05, 0.1) is 0 Å². The molecule has 0 unspecified atom stereocenters. The molecule has 0 saturated carbocycles. The highest BCUT2D eigenvalue weighted by Gasteiger charge is 2.00. The molecule has 0 atom stereocenters. The average Bonchev–Trinajstić information content (AvgIpc) is 1.99. The minimum absolute atomic E-state index is 0.0569. The molecule has 0 aliphatic heterocycles. The van der Waals surface area contributed by atoms with Crippen molar-refractivity contribution >= 4 is 19.5 Å². The van der Waals surface area contributed by atoms with Crippen LogP contribution in [0.4, 0.5) is 5.69 Å². The van der Waals surface area contributed by atoms with E-state index in [0.29, 0.717) is 0 Å². The molecule has 0 aromatic heterocycles. The molecule has 0 spiro atoms. The summed E-state index contributed by atoms with van der Waals surface area (Å²) in [5.74, 6) is 0. The second-order valence-electron chi connectivity index (χ2n) is 2.58. The molecule has 0 saturated heterocycles. The van der Waals surface area contributed by atoms with E-state index < -0.39 is 0 Å². The van der Waals surface area contributed by atoms with Gasteiger partial charge >= 0.3 is 0 Å². The van der Waals surface area contributed by atoms with Crippen LogP contribution in [0, 0.1) is 13.8 Å². The molecule has 1 rings (SSSR count). The fourth-order valence-corrected chi connectivity index (χ4v) is 1.50. The smallest absolute Gasteiger partial charge is 0.192 e. The molecule has 3 heteroatoms. The lowest BCUT2D eigenvalue weighted by Gasteiger charge is -2.03. The summed E-state index contributed by atoms with van der Waals surface area (Å²) in [6.07, 6.45) is 0. The third-order valence-electron chi connectivity index (χ3n) is 1.68. The first-order valence-corrected chi connectivity index (χ1v) is 4.16. The summed E-state index contributed by atoms with van der Waals surface area (Å²) < 4.78 is 10.5. The molecule has 0 bridgehead atoms. The quantitative estimate of drug-likeness (QED) is 0.512. The van der Waals surface area contributed by atoms with E-state index >= 15 is 0 Å². The molecule has 1 aromatic carbocycles. The molecule has 2 nitrogen and oxygen atoms in total. The third-order valence-corrected chi connectivity index (χ3v) is 2.15. The molecular weight excluding hydrogens is 157 g/mol. The Labute approximate surface area is 67.6 Å². The molecule has 0 aliphatic rings. The largest absolute Gasteiger partial charge is 0.398 e. The van der Waals surface area contributed by atoms with Crippen LogP contribution in [0.1, 0.15) is 11.1 Å². The lowest BCUT2D eigenvalue weighted by atomic mass is 10.1. The number of hydrogen-bond acceptors (Lipinski definition) is 2. The summed E-state index contributed by atoms with van der Waals surface area (Å²) in [5, 5.41) is 0.786. The lowest BCUT2D eigenvalue weighted by Crippen LogP contribution is -2.00. The minimum Gasteiger partial charge on any atom is -0.398 e. The van der Waals surface area contributed by atoms with Crippen LogP contribution in [0.5, 0.6) is 0 Å². The van der Waals surface area contributed by atoms with Crippen molar-refractivity contribution in [1.29, 1.82) is 0 Å². The Balaban J connectivity index is 3.31. The zero-order chi connectivity index (χ0) is 8.43. The fraction of sp³-hybridized carbons (Fsp3) is 0.250. The van der Waals surface area contributed by atoms with Gasteiger partial charge in [0.1, 0.15) is 0 Å². The number of hydrogen-bond donors (Lipinski definition) is 1. The third kappa shape index (κ3) is 1.58. The zero-order valence-electron chi connectivity index (χ0n) is 6.59. The van der Waals surface area contributed by atoms with Crippen LogP contribution in [0.3, 0.4) is 0 Å². The second kappa shape index (κ2) is 3.02. The minimum atomic E-state index is 0.0569. The van der Waals surface area contributed by atoms with E-state index in [-0.39, 0.29) is 8.46 Å². The van der Waals surface area contributed by atoms with Crippen LogP contribution >= 0.6 is 8.46 Å². The van der Waals surface area contributed by atoms with E-state index in [9.17, 15) is 4.57 Å². The van der Waals surface area contributed by atoms with Gasteiger partial charge in [-0.25, -0.2) is 0 Å². The second-order valence-corrected chi connectivity index (χ2v) is 3.28. The first kappa shape index (κ1) is 8.22. The number of nitrogen functional groups attached to an aromatic ring is 1. The Morgan fingerprint density at radius 2 is 1.73 bits per heavy atom. The van der Waals surface area contributed by atoms with Crippen molar-refractivity contribution in [2.45, 2.75) is 13.8 Å². The Kier molecular flexibility index (Phi) is 2.25. The summed E-state index contributed by atoms with van der Waals surface area (Å²) in [6.45, 7) is 3.83. The van der Waals surface area contributed by atoms with Crippen molar-refractivity contribution in [2.24, 2.45) is 0 Å². The molecular formula is C8H10NOP. The van der Waals surface area contributed by atoms with Crippen molar-refractivity contribution in [2.75, 3.05) is 5.73 Å². The van der Waals surface area contributed by atoms with Gasteiger partial charge in [-0.1, -0.05) is 0 Å². The maximum Gasteiger partial charge on any atom is 0.192 e. The zero-order valence-corrected chi connectivity index (χ0v) is 7.48. The maximum atomic E-state index is 10.5. The molecule has 11 heavy (non-hydrogen) atoms. The summed E-state index contributed by atoms with van der Waals surface area (Å²) in [7, 11) is 0.0569. The summed E-state index contributed by atoms with van der Waals surface area (Å²) in [6, 6.07) is 3.66. The van der Waals surface area contributed by atoms with E-state index in [4.69, 9.17) is 5.73 Å². The molecule has 0 radical (unpaired) electrons. The van der Waals surface area contributed by atoms with Gasteiger partial charge in [0.2, 0.25) is 0 Å². The molecule has 0 amide bonds. The van der Waals surface area contributed by atoms with Gasteiger partial charge < -0.3 is 5.73 Å². The molecule has 2 N–H and O–H groups in total. The van der Waals surface area contributed by atoms with Crippen LogP contribution in [0.2, 0.25) is 0 Å². The normalized spacial score (nSPS) is 10.4. The van der Waals surface area contributed by atoms with Crippen LogP contribution in [-0.2, 0) is 4.57 Å². The van der Waals surface area contributed by atoms with E-state index in [1.807, 2.05) is 26.0 Å². The van der Waals surface area contributed by atoms with Crippen LogP contribution in [-0.4, -0.2) is 0 Å². The maximum absolute atomic E-state index is 10.5. The Bertz CT molecular complexity index is 273. The van der Waals surface area contributed by atoms with Crippen LogP contribution < -0.4 is 11.0 Å². The summed E-state index contributed by atoms with van der Waals surface area (Å²) in [4.78, 5) is 0. The Morgan fingerprint density at radius 1 is 1.27 bits per heavy atom. The highest BCUT2D eigenvalue weighted by molar-refractivity contribution is 7.34. The SMILES string of the molecule is Cc1cc(P=O)cc(C)c1N. The molecule has 0 fully saturated rings. The number of anilines is 1. The first-order chi connectivity index (χ1) is 5.15. The van der Waals surface area contributed by atoms with Gasteiger partial charge in [-0.15, -0.1) is 0 Å². The number of rotatable bonds is 1. The topological polar surface area (TPSA) is 43.1 Å². The highest BCUT2D eigenvalue weighted by atomic mass is 31.1. The number of benzene rings is 1. The highest BCUT2D eigenvalue weighted by Crippen LogP contribution is 2.15. The summed E-state index contributed by atoms with van der Waals surface area (Å²) in [5.41, 5.74) is 8.47. The molecule has 1 aromatic rings. The van der Waals surface area contributed by atoms with Gasteiger partial charge in [-0.3, -0.25) is 4.57 Å². The van der Waals surface area contributed by atoms with E-state index in [0.717, 1.165) is 22.1 Å². The summed E-state index contributed by atoms with van der Waals surface area (Å²) >= 11 is 0. The van der Waals surface area contributed by atoms with Crippen LogP contribution in [0.25, 0.3) is 0 Å². The predicted octanol–water partition coefficient (Wildman–Crippen LogP) is 1.80. The first-order valence-electron chi connectivity index (χ1n) is 3.35. The number of aryl methyl sites for hydroxylation is 2. The van der Waals surface area contributed by atoms with Crippen molar-refractivity contribution in [3.05, 3.63) is 23.3 Å². The molecule has 0 aliphatic carbocycles. The van der Waals surface area contributed by atoms with E-state index in [1.165, 1.54) is 0 Å². The molecule has 58 valence electrons. The van der Waals surface area contributed by atoms with Gasteiger partial charge in [0, 0.05) is 11.0 Å². The number of nitrogens with two attached hydrogens (primary N) is 1. The van der Waals surface area contributed by atoms with Crippen molar-refractivity contribution in [1.82, 2.24) is 0 Å². The average molecular weight is 167 g/mol. The Morgan fingerprint density at radius 3 is 2.09 bits per heavy atom. The predicted molar refractivity (Wildman–Crippen MR) is 47.6 cm³/mol. The fourth-order valence-electron chi connectivity index (χ4n) is 1.00. The van der Waals surface area contributed by atoms with Gasteiger partial charge in [0.15, 0.2) is 8.46 Å². The lowest BCUT2D eigenvalue weighted by molar-refractivity contribution is 0.603. The van der Waals surface area contributed by atoms with Crippen LogP contribution in [0.15, 0.2) is 12.1 Å². The van der Waals surface area contributed by atoms with Crippen molar-refractivity contribution in [3.63, 3.8) is 0 Å². The van der Waals surface area contributed by atoms with E-state index in [1.54, 1.807) is 0 Å². The van der Waals surface area contributed by atoms with E-state index in [2.05, 4.69) is 0 Å². The monoisotopic (exact) mass is 167 g/mol. The van der Waals surface area contributed by atoms with Gasteiger partial charge in [-0.2, -0.15) is 0 Å². The van der Waals surface area contributed by atoms with Gasteiger partial charge in [-0.05, 0) is 37.1 Å². The van der Waals surface area contributed by atoms with Gasteiger partial charge in [0.25, 0.3) is 0 Å². The Hall–Kier alpha value is -0.880. The molecule has 0 heterocycles. The van der Waals surface area contributed by atoms with Crippen molar-refractivity contribution in [3.8, 4) is 0 Å².